The summed E-state index contributed by atoms with van der Waals surface area (Å²) in [4.78, 5) is 2.11. The topological polar surface area (TPSA) is 56.5 Å². The van der Waals surface area contributed by atoms with Crippen LogP contribution in [0, 0.1) is 11.3 Å². The normalized spacial score (nSPS) is 20.1. The van der Waals surface area contributed by atoms with Crippen LogP contribution in [0.15, 0.2) is 22.7 Å². The number of aliphatic hydroxyl groups excluding tert-OH is 1. The van der Waals surface area contributed by atoms with E-state index >= 15 is 0 Å². The lowest BCUT2D eigenvalue weighted by Crippen LogP contribution is -2.47. The number of aliphatic hydroxyl groups is 1. The van der Waals surface area contributed by atoms with E-state index in [0.29, 0.717) is 18.8 Å². The van der Waals surface area contributed by atoms with Crippen LogP contribution in [-0.4, -0.2) is 37.5 Å². The molecule has 0 spiro atoms. The van der Waals surface area contributed by atoms with Gasteiger partial charge < -0.3 is 14.7 Å². The summed E-state index contributed by atoms with van der Waals surface area (Å²) in [6.45, 7) is 2.02. The van der Waals surface area contributed by atoms with E-state index in [1.807, 2.05) is 12.1 Å². The van der Waals surface area contributed by atoms with Crippen molar-refractivity contribution in [3.05, 3.63) is 28.2 Å². The fourth-order valence-corrected chi connectivity index (χ4v) is 2.37. The molecule has 2 rings (SSSR count). The number of halogens is 1. The molecule has 0 radical (unpaired) electrons. The Morgan fingerprint density at radius 2 is 2.41 bits per heavy atom. The molecule has 0 bridgehead atoms. The standard InChI is InChI=1S/C12H13BrN2O2/c13-12-5-10(2-1-9(12)6-14)15-3-4-17-8-11(15)7-16/h1-2,5,11,16H,3-4,7-8H2. The monoisotopic (exact) mass is 296 g/mol. The number of nitrogens with zero attached hydrogens (tertiary/aromatic N) is 2. The van der Waals surface area contributed by atoms with Gasteiger partial charge in [-0.05, 0) is 34.1 Å². The molecule has 0 aromatic heterocycles. The van der Waals surface area contributed by atoms with Gasteiger partial charge in [0.15, 0.2) is 0 Å². The van der Waals surface area contributed by atoms with E-state index in [-0.39, 0.29) is 12.6 Å². The Hall–Kier alpha value is -1.09. The molecule has 90 valence electrons. The number of nitriles is 1. The van der Waals surface area contributed by atoms with Crippen LogP contribution in [0.2, 0.25) is 0 Å². The van der Waals surface area contributed by atoms with Crippen molar-refractivity contribution in [1.29, 1.82) is 5.26 Å². The molecule has 0 aliphatic carbocycles. The first-order chi connectivity index (χ1) is 8.26. The summed E-state index contributed by atoms with van der Waals surface area (Å²) in [7, 11) is 0. The third kappa shape index (κ3) is 2.60. The number of hydrogen-bond acceptors (Lipinski definition) is 4. The number of rotatable bonds is 2. The van der Waals surface area contributed by atoms with Gasteiger partial charge in [0.25, 0.3) is 0 Å². The summed E-state index contributed by atoms with van der Waals surface area (Å²) in [6.07, 6.45) is 0. The number of hydrogen-bond donors (Lipinski definition) is 1. The summed E-state index contributed by atoms with van der Waals surface area (Å²) < 4.78 is 6.11. The van der Waals surface area contributed by atoms with Crippen LogP contribution in [0.1, 0.15) is 5.56 Å². The lowest BCUT2D eigenvalue weighted by molar-refractivity contribution is 0.0727. The predicted octanol–water partition coefficient (Wildman–Crippen LogP) is 1.52. The molecular weight excluding hydrogens is 284 g/mol. The van der Waals surface area contributed by atoms with E-state index in [4.69, 9.17) is 10.00 Å². The quantitative estimate of drug-likeness (QED) is 0.899. The molecule has 1 unspecified atom stereocenters. The van der Waals surface area contributed by atoms with Crippen molar-refractivity contribution in [2.45, 2.75) is 6.04 Å². The van der Waals surface area contributed by atoms with Crippen LogP contribution in [0.4, 0.5) is 5.69 Å². The molecule has 1 aromatic rings. The zero-order valence-electron chi connectivity index (χ0n) is 9.27. The van der Waals surface area contributed by atoms with Crippen LogP contribution < -0.4 is 4.90 Å². The molecule has 1 atom stereocenters. The highest BCUT2D eigenvalue weighted by atomic mass is 79.9. The third-order valence-corrected chi connectivity index (χ3v) is 3.50. The van der Waals surface area contributed by atoms with Gasteiger partial charge >= 0.3 is 0 Å². The Kier molecular flexibility index (Phi) is 4.00. The SMILES string of the molecule is N#Cc1ccc(N2CCOCC2CO)cc1Br. The van der Waals surface area contributed by atoms with Crippen molar-refractivity contribution in [2.75, 3.05) is 31.3 Å². The average molecular weight is 297 g/mol. The second-order valence-electron chi connectivity index (χ2n) is 3.88. The Labute approximate surface area is 109 Å². The van der Waals surface area contributed by atoms with E-state index in [0.717, 1.165) is 16.7 Å². The van der Waals surface area contributed by atoms with Crippen molar-refractivity contribution in [3.8, 4) is 6.07 Å². The average Bonchev–Trinajstić information content (AvgIpc) is 2.38. The summed E-state index contributed by atoms with van der Waals surface area (Å²) in [5.74, 6) is 0. The second kappa shape index (κ2) is 5.50. The van der Waals surface area contributed by atoms with Gasteiger partial charge in [0, 0.05) is 16.7 Å². The van der Waals surface area contributed by atoms with Gasteiger partial charge in [-0.15, -0.1) is 0 Å². The maximum atomic E-state index is 9.31. The first-order valence-corrected chi connectivity index (χ1v) is 6.20. The molecule has 1 N–H and O–H groups in total. The third-order valence-electron chi connectivity index (χ3n) is 2.84. The lowest BCUT2D eigenvalue weighted by Gasteiger charge is -2.36. The molecule has 1 fully saturated rings. The molecular formula is C12H13BrN2O2. The Morgan fingerprint density at radius 3 is 3.06 bits per heavy atom. The molecule has 5 heteroatoms. The second-order valence-corrected chi connectivity index (χ2v) is 4.73. The summed E-state index contributed by atoms with van der Waals surface area (Å²) >= 11 is 3.37. The summed E-state index contributed by atoms with van der Waals surface area (Å²) in [6, 6.07) is 7.69. The van der Waals surface area contributed by atoms with Crippen LogP contribution >= 0.6 is 15.9 Å². The van der Waals surface area contributed by atoms with E-state index < -0.39 is 0 Å². The van der Waals surface area contributed by atoms with Crippen molar-refractivity contribution in [1.82, 2.24) is 0 Å². The number of ether oxygens (including phenoxy) is 1. The lowest BCUT2D eigenvalue weighted by atomic mass is 10.1. The largest absolute Gasteiger partial charge is 0.394 e. The van der Waals surface area contributed by atoms with E-state index in [1.54, 1.807) is 6.07 Å². The molecule has 17 heavy (non-hydrogen) atoms. The van der Waals surface area contributed by atoms with Gasteiger partial charge in [0.1, 0.15) is 6.07 Å². The highest BCUT2D eigenvalue weighted by Gasteiger charge is 2.22. The zero-order valence-corrected chi connectivity index (χ0v) is 10.9. The van der Waals surface area contributed by atoms with E-state index in [9.17, 15) is 5.11 Å². The maximum Gasteiger partial charge on any atom is 0.100 e. The molecule has 1 aromatic carbocycles. The van der Waals surface area contributed by atoms with Crippen LogP contribution in [0.25, 0.3) is 0 Å². The number of morpholine rings is 1. The molecule has 0 amide bonds. The minimum absolute atomic E-state index is 0.0106. The van der Waals surface area contributed by atoms with E-state index in [1.165, 1.54) is 0 Å². The molecule has 1 aliphatic heterocycles. The minimum atomic E-state index is -0.0106. The number of benzene rings is 1. The fraction of sp³-hybridized carbons (Fsp3) is 0.417. The predicted molar refractivity (Wildman–Crippen MR) is 67.9 cm³/mol. The minimum Gasteiger partial charge on any atom is -0.394 e. The Balaban J connectivity index is 2.26. The van der Waals surface area contributed by atoms with Gasteiger partial charge in [-0.25, -0.2) is 0 Å². The molecule has 4 nitrogen and oxygen atoms in total. The molecule has 1 heterocycles. The van der Waals surface area contributed by atoms with Crippen LogP contribution in [0.3, 0.4) is 0 Å². The van der Waals surface area contributed by atoms with Crippen molar-refractivity contribution < 1.29 is 9.84 Å². The molecule has 1 saturated heterocycles. The smallest absolute Gasteiger partial charge is 0.100 e. The first-order valence-electron chi connectivity index (χ1n) is 5.41. The first kappa shape index (κ1) is 12.4. The van der Waals surface area contributed by atoms with Crippen molar-refractivity contribution >= 4 is 21.6 Å². The van der Waals surface area contributed by atoms with Gasteiger partial charge in [-0.3, -0.25) is 0 Å². The fourth-order valence-electron chi connectivity index (χ4n) is 1.92. The Morgan fingerprint density at radius 1 is 1.59 bits per heavy atom. The maximum absolute atomic E-state index is 9.31. The van der Waals surface area contributed by atoms with Gasteiger partial charge in [-0.2, -0.15) is 5.26 Å². The van der Waals surface area contributed by atoms with E-state index in [2.05, 4.69) is 26.9 Å². The Bertz CT molecular complexity index is 445. The number of anilines is 1. The van der Waals surface area contributed by atoms with Crippen molar-refractivity contribution in [2.24, 2.45) is 0 Å². The van der Waals surface area contributed by atoms with Crippen molar-refractivity contribution in [3.63, 3.8) is 0 Å². The van der Waals surface area contributed by atoms with Gasteiger partial charge in [0.05, 0.1) is 31.4 Å². The van der Waals surface area contributed by atoms with Gasteiger partial charge in [-0.1, -0.05) is 0 Å². The van der Waals surface area contributed by atoms with Crippen LogP contribution in [-0.2, 0) is 4.74 Å². The van der Waals surface area contributed by atoms with Crippen LogP contribution in [0.5, 0.6) is 0 Å². The molecule has 1 aliphatic rings. The highest BCUT2D eigenvalue weighted by Crippen LogP contribution is 2.26. The summed E-state index contributed by atoms with van der Waals surface area (Å²) in [5, 5.41) is 18.2. The van der Waals surface area contributed by atoms with Gasteiger partial charge in [0.2, 0.25) is 0 Å². The summed E-state index contributed by atoms with van der Waals surface area (Å²) in [5.41, 5.74) is 1.61. The zero-order chi connectivity index (χ0) is 12.3. The molecule has 0 saturated carbocycles. The highest BCUT2D eigenvalue weighted by molar-refractivity contribution is 9.10.